The highest BCUT2D eigenvalue weighted by molar-refractivity contribution is 6.34. The van der Waals surface area contributed by atoms with Crippen LogP contribution in [0, 0.1) is 24.7 Å². The van der Waals surface area contributed by atoms with E-state index in [1.807, 2.05) is 64.1 Å². The van der Waals surface area contributed by atoms with Crippen LogP contribution in [0.2, 0.25) is 5.02 Å². The Labute approximate surface area is 312 Å². The number of nitrogens with zero attached hydrogens (tertiary/aromatic N) is 3. The van der Waals surface area contributed by atoms with Crippen LogP contribution in [-0.2, 0) is 28.7 Å². The number of aliphatic hydroxyl groups is 1. The molecule has 0 aliphatic carbocycles. The predicted octanol–water partition coefficient (Wildman–Crippen LogP) is 6.05. The number of likely N-dealkylation sites (N-methyl/N-ethyl adjacent to an activating group) is 1. The molecule has 0 radical (unpaired) electrons. The molecule has 3 aliphatic heterocycles. The fraction of sp³-hybridized carbons (Fsp3) is 0.512. The molecule has 10 nitrogen and oxygen atoms in total. The molecule has 9 atom stereocenters. The highest BCUT2D eigenvalue weighted by Crippen LogP contribution is 2.60. The first-order valence-electron chi connectivity index (χ1n) is 18.3. The van der Waals surface area contributed by atoms with Crippen molar-refractivity contribution in [2.24, 2.45) is 17.8 Å². The molecule has 11 heteroatoms. The highest BCUT2D eigenvalue weighted by atomic mass is 35.5. The number of aliphatic hydroxyl groups excluding tert-OH is 1. The molecule has 52 heavy (non-hydrogen) atoms. The Balaban J connectivity index is 1.56. The standard InChI is InChI=1S/C41H52ClN3O7/c1-8-11-20-32(47)43(7)27(6)36(28-17-13-12-14-18-28)51-40(50)33-31-21-22-41(52-31)34(33)38(48)45(30(24-46)25(4)10-3)37(41)39(49)44(23-9-2)35-26(5)16-15-19-29(35)42/h8-9,12-19,25,27,30-31,33-34,36-37,46H,1-2,10-11,20-24H2,3-7H3/t25-,27+,30-,31-,33+,34+,36-,37-,41+/m0/s1. The van der Waals surface area contributed by atoms with Crippen molar-refractivity contribution in [2.45, 2.75) is 95.7 Å². The molecule has 2 aromatic rings. The lowest BCUT2D eigenvalue weighted by Crippen LogP contribution is -2.60. The number of fused-ring (bicyclic) bond motifs is 1. The van der Waals surface area contributed by atoms with E-state index in [-0.39, 0.29) is 31.4 Å². The number of carbonyl (C=O) groups is 4. The van der Waals surface area contributed by atoms with E-state index in [0.29, 0.717) is 42.0 Å². The van der Waals surface area contributed by atoms with Crippen molar-refractivity contribution < 1.29 is 33.8 Å². The lowest BCUT2D eigenvalue weighted by atomic mass is 9.70. The molecule has 3 fully saturated rings. The largest absolute Gasteiger partial charge is 0.455 e. The van der Waals surface area contributed by atoms with Crippen LogP contribution in [-0.4, -0.2) is 88.6 Å². The molecule has 280 valence electrons. The topological polar surface area (TPSA) is 117 Å². The SMILES string of the molecule is C=CCCC(=O)N(C)[C@H](C)[C@H](OC(=O)[C@@H]1[C@@H]2CC[C@]3(O2)[C@H](C(=O)N(CC=C)c2c(C)cccc2Cl)N([C@@H](CO)[C@@H](C)CC)C(=O)[C@@H]13)c1ccccc1. The molecule has 0 saturated carbocycles. The quantitative estimate of drug-likeness (QED) is 0.165. The maximum atomic E-state index is 15.1. The lowest BCUT2D eigenvalue weighted by Gasteiger charge is -2.41. The van der Waals surface area contributed by atoms with Crippen LogP contribution in [0.25, 0.3) is 0 Å². The van der Waals surface area contributed by atoms with Crippen LogP contribution in [0.15, 0.2) is 73.8 Å². The third-order valence-corrected chi connectivity index (χ3v) is 11.8. The Bertz CT molecular complexity index is 1650. The van der Waals surface area contributed by atoms with Gasteiger partial charge in [-0.1, -0.05) is 86.5 Å². The van der Waals surface area contributed by atoms with E-state index in [1.54, 1.807) is 36.2 Å². The summed E-state index contributed by atoms with van der Waals surface area (Å²) >= 11 is 6.71. The van der Waals surface area contributed by atoms with Crippen molar-refractivity contribution in [3.8, 4) is 0 Å². The number of amides is 3. The third kappa shape index (κ3) is 6.93. The van der Waals surface area contributed by atoms with Gasteiger partial charge in [-0.3, -0.25) is 19.2 Å². The van der Waals surface area contributed by atoms with Crippen molar-refractivity contribution in [1.29, 1.82) is 0 Å². The van der Waals surface area contributed by atoms with Gasteiger partial charge in [0.05, 0.1) is 47.3 Å². The third-order valence-electron chi connectivity index (χ3n) is 11.5. The van der Waals surface area contributed by atoms with E-state index in [1.165, 1.54) is 9.80 Å². The van der Waals surface area contributed by atoms with Gasteiger partial charge in [-0.25, -0.2) is 0 Å². The second-order valence-electron chi connectivity index (χ2n) is 14.4. The predicted molar refractivity (Wildman–Crippen MR) is 200 cm³/mol. The number of hydrogen-bond donors (Lipinski definition) is 1. The average Bonchev–Trinajstić information content (AvgIpc) is 3.79. The first-order chi connectivity index (χ1) is 24.9. The summed E-state index contributed by atoms with van der Waals surface area (Å²) in [4.78, 5) is 62.3. The smallest absolute Gasteiger partial charge is 0.313 e. The minimum atomic E-state index is -1.34. The molecule has 3 amide bonds. The maximum absolute atomic E-state index is 15.1. The van der Waals surface area contributed by atoms with Gasteiger partial charge in [-0.2, -0.15) is 0 Å². The molecule has 3 heterocycles. The van der Waals surface area contributed by atoms with E-state index >= 15 is 4.79 Å². The van der Waals surface area contributed by atoms with Crippen molar-refractivity contribution in [1.82, 2.24) is 9.80 Å². The summed E-state index contributed by atoms with van der Waals surface area (Å²) in [6, 6.07) is 12.2. The Morgan fingerprint density at radius 1 is 1.13 bits per heavy atom. The highest BCUT2D eigenvalue weighted by Gasteiger charge is 2.76. The summed E-state index contributed by atoms with van der Waals surface area (Å²) in [5.74, 6) is -3.78. The number of para-hydroxylation sites is 1. The Morgan fingerprint density at radius 2 is 1.85 bits per heavy atom. The number of hydrogen-bond acceptors (Lipinski definition) is 7. The Hall–Kier alpha value is -3.99. The molecule has 1 spiro atoms. The number of halogens is 1. The number of anilines is 1. The minimum Gasteiger partial charge on any atom is -0.455 e. The minimum absolute atomic E-state index is 0.111. The molecule has 5 rings (SSSR count). The molecule has 1 N–H and O–H groups in total. The van der Waals surface area contributed by atoms with Gasteiger partial charge >= 0.3 is 5.97 Å². The Kier molecular flexibility index (Phi) is 12.3. The number of esters is 1. The number of aryl methyl sites for hydroxylation is 1. The summed E-state index contributed by atoms with van der Waals surface area (Å²) in [6.07, 6.45) is 4.00. The van der Waals surface area contributed by atoms with Crippen molar-refractivity contribution >= 4 is 41.0 Å². The molecule has 0 unspecified atom stereocenters. The molecule has 0 aromatic heterocycles. The van der Waals surface area contributed by atoms with Gasteiger partial charge < -0.3 is 29.3 Å². The molecule has 2 aromatic carbocycles. The summed E-state index contributed by atoms with van der Waals surface area (Å²) in [5, 5.41) is 11.2. The van der Waals surface area contributed by atoms with Crippen LogP contribution in [0.3, 0.4) is 0 Å². The summed E-state index contributed by atoms with van der Waals surface area (Å²) in [7, 11) is 1.68. The number of likely N-dealkylation sites (tertiary alicyclic amines) is 1. The Morgan fingerprint density at radius 3 is 2.46 bits per heavy atom. The fourth-order valence-corrected chi connectivity index (χ4v) is 8.79. The zero-order valence-electron chi connectivity index (χ0n) is 30.9. The lowest BCUT2D eigenvalue weighted by molar-refractivity contribution is -0.165. The normalized spacial score (nSPS) is 25.5. The first-order valence-corrected chi connectivity index (χ1v) is 18.7. The van der Waals surface area contributed by atoms with E-state index in [0.717, 1.165) is 5.56 Å². The monoisotopic (exact) mass is 733 g/mol. The number of allylic oxidation sites excluding steroid dienone is 1. The zero-order valence-corrected chi connectivity index (χ0v) is 31.6. The zero-order chi connectivity index (χ0) is 37.9. The second kappa shape index (κ2) is 16.4. The van der Waals surface area contributed by atoms with Crippen molar-refractivity contribution in [3.05, 3.63) is 90.0 Å². The van der Waals surface area contributed by atoms with Gasteiger partial charge in [0.25, 0.3) is 5.91 Å². The number of rotatable bonds is 16. The molecule has 3 saturated heterocycles. The van der Waals surface area contributed by atoms with Crippen molar-refractivity contribution in [2.75, 3.05) is 25.1 Å². The maximum Gasteiger partial charge on any atom is 0.313 e. The first kappa shape index (κ1) is 39.2. The summed E-state index contributed by atoms with van der Waals surface area (Å²) in [5.41, 5.74) is 0.620. The van der Waals surface area contributed by atoms with Gasteiger partial charge in [0, 0.05) is 20.0 Å². The van der Waals surface area contributed by atoms with Crippen LogP contribution in [0.4, 0.5) is 5.69 Å². The van der Waals surface area contributed by atoms with Crippen LogP contribution >= 0.6 is 11.6 Å². The van der Waals surface area contributed by atoms with E-state index in [2.05, 4.69) is 13.2 Å². The van der Waals surface area contributed by atoms with E-state index in [9.17, 15) is 19.5 Å². The fourth-order valence-electron chi connectivity index (χ4n) is 8.47. The number of carbonyl (C=O) groups excluding carboxylic acids is 4. The average molecular weight is 734 g/mol. The van der Waals surface area contributed by atoms with Gasteiger partial charge in [0.1, 0.15) is 17.7 Å². The van der Waals surface area contributed by atoms with E-state index < -0.39 is 65.6 Å². The molecular weight excluding hydrogens is 682 g/mol. The molecule has 3 aliphatic rings. The summed E-state index contributed by atoms with van der Waals surface area (Å²) in [6.45, 7) is 14.9. The van der Waals surface area contributed by atoms with Gasteiger partial charge in [0.15, 0.2) is 0 Å². The van der Waals surface area contributed by atoms with Gasteiger partial charge in [0.2, 0.25) is 11.8 Å². The van der Waals surface area contributed by atoms with Crippen LogP contribution in [0.1, 0.15) is 70.1 Å². The van der Waals surface area contributed by atoms with Crippen LogP contribution < -0.4 is 4.90 Å². The van der Waals surface area contributed by atoms with Crippen molar-refractivity contribution in [3.63, 3.8) is 0 Å². The second-order valence-corrected chi connectivity index (χ2v) is 14.8. The number of benzene rings is 2. The van der Waals surface area contributed by atoms with Gasteiger partial charge in [-0.05, 0) is 56.2 Å². The van der Waals surface area contributed by atoms with Gasteiger partial charge in [-0.15, -0.1) is 13.2 Å². The summed E-state index contributed by atoms with van der Waals surface area (Å²) < 4.78 is 13.1. The number of ether oxygens (including phenoxy) is 2. The van der Waals surface area contributed by atoms with E-state index in [4.69, 9.17) is 21.1 Å². The molecular formula is C41H52ClN3O7. The van der Waals surface area contributed by atoms with Crippen LogP contribution in [0.5, 0.6) is 0 Å². The molecule has 2 bridgehead atoms.